The molecule has 1 aliphatic rings. The van der Waals surface area contributed by atoms with Crippen molar-refractivity contribution in [3.8, 4) is 0 Å². The highest BCUT2D eigenvalue weighted by Crippen LogP contribution is 2.43. The van der Waals surface area contributed by atoms with Gasteiger partial charge in [-0.3, -0.25) is 0 Å². The molecular weight excluding hydrogens is 262 g/mol. The van der Waals surface area contributed by atoms with Crippen molar-refractivity contribution in [1.29, 1.82) is 0 Å². The summed E-state index contributed by atoms with van der Waals surface area (Å²) in [5.74, 6) is 4.11. The largest absolute Gasteiger partial charge is 0.316 e. The lowest BCUT2D eigenvalue weighted by atomic mass is 9.68. The van der Waals surface area contributed by atoms with Crippen LogP contribution in [0.5, 0.6) is 0 Å². The third-order valence-corrected chi connectivity index (χ3v) is 5.61. The molecule has 1 saturated carbocycles. The molecule has 1 heterocycles. The molecule has 1 N–H and O–H groups in total. The Labute approximate surface area is 129 Å². The van der Waals surface area contributed by atoms with E-state index in [0.717, 1.165) is 36.1 Å². The second-order valence-corrected chi connectivity index (χ2v) is 8.07. The Morgan fingerprint density at radius 3 is 2.65 bits per heavy atom. The predicted molar refractivity (Wildman–Crippen MR) is 90.4 cm³/mol. The molecule has 20 heavy (non-hydrogen) atoms. The van der Waals surface area contributed by atoms with E-state index in [1.54, 1.807) is 5.56 Å². The molecule has 0 spiro atoms. The zero-order valence-corrected chi connectivity index (χ0v) is 14.4. The topological polar surface area (TPSA) is 12.0 Å². The van der Waals surface area contributed by atoms with E-state index in [1.165, 1.54) is 25.8 Å². The summed E-state index contributed by atoms with van der Waals surface area (Å²) >= 11 is 1.85. The average Bonchev–Trinajstić information content (AvgIpc) is 2.92. The average molecular weight is 294 g/mol. The summed E-state index contributed by atoms with van der Waals surface area (Å²) in [4.78, 5) is 0. The molecule has 0 amide bonds. The fraction of sp³-hybridized carbons (Fsp3) is 0.778. The van der Waals surface area contributed by atoms with E-state index < -0.39 is 0 Å². The Kier molecular flexibility index (Phi) is 6.10. The number of nitrogens with one attached hydrogen (secondary N) is 1. The van der Waals surface area contributed by atoms with Gasteiger partial charge in [0.05, 0.1) is 0 Å². The summed E-state index contributed by atoms with van der Waals surface area (Å²) in [6.45, 7) is 11.7. The van der Waals surface area contributed by atoms with Crippen LogP contribution in [0.2, 0.25) is 0 Å². The standard InChI is InChI=1S/C18H31NS/c1-13(2)10-19-11-16-6-5-15(14(3)4)9-18(16)17-7-8-20-12-17/h7-8,12-16,18-19H,5-6,9-11H2,1-4H3. The van der Waals surface area contributed by atoms with Gasteiger partial charge in [-0.15, -0.1) is 0 Å². The van der Waals surface area contributed by atoms with Gasteiger partial charge in [0.25, 0.3) is 0 Å². The van der Waals surface area contributed by atoms with E-state index in [9.17, 15) is 0 Å². The highest BCUT2D eigenvalue weighted by molar-refractivity contribution is 7.07. The van der Waals surface area contributed by atoms with Crippen LogP contribution in [-0.2, 0) is 0 Å². The van der Waals surface area contributed by atoms with Crippen LogP contribution in [0.4, 0.5) is 0 Å². The molecule has 114 valence electrons. The first-order valence-corrected chi connectivity index (χ1v) is 9.25. The lowest BCUT2D eigenvalue weighted by Crippen LogP contribution is -2.34. The fourth-order valence-electron chi connectivity index (χ4n) is 3.57. The van der Waals surface area contributed by atoms with Crippen LogP contribution in [0, 0.1) is 23.7 Å². The van der Waals surface area contributed by atoms with Gasteiger partial charge < -0.3 is 5.32 Å². The van der Waals surface area contributed by atoms with E-state index in [1.807, 2.05) is 11.3 Å². The zero-order chi connectivity index (χ0) is 14.5. The predicted octanol–water partition coefficient (Wildman–Crippen LogP) is 5.15. The van der Waals surface area contributed by atoms with Crippen molar-refractivity contribution in [3.05, 3.63) is 22.4 Å². The van der Waals surface area contributed by atoms with Crippen molar-refractivity contribution in [2.75, 3.05) is 13.1 Å². The molecule has 1 fully saturated rings. The molecular formula is C18H31NS. The highest BCUT2D eigenvalue weighted by atomic mass is 32.1. The second-order valence-electron chi connectivity index (χ2n) is 7.29. The molecule has 2 rings (SSSR count). The van der Waals surface area contributed by atoms with Gasteiger partial charge in [0.15, 0.2) is 0 Å². The zero-order valence-electron chi connectivity index (χ0n) is 13.6. The summed E-state index contributed by atoms with van der Waals surface area (Å²) in [7, 11) is 0. The molecule has 3 unspecified atom stereocenters. The van der Waals surface area contributed by atoms with Gasteiger partial charge in [0.1, 0.15) is 0 Å². The van der Waals surface area contributed by atoms with Crippen LogP contribution in [0.1, 0.15) is 58.4 Å². The molecule has 0 radical (unpaired) electrons. The molecule has 0 aromatic carbocycles. The van der Waals surface area contributed by atoms with Gasteiger partial charge in [-0.05, 0) is 84.3 Å². The second kappa shape index (κ2) is 7.61. The summed E-state index contributed by atoms with van der Waals surface area (Å²) in [6.07, 6.45) is 4.21. The van der Waals surface area contributed by atoms with Crippen molar-refractivity contribution in [1.82, 2.24) is 5.32 Å². The smallest absolute Gasteiger partial charge is 0.00145 e. The van der Waals surface area contributed by atoms with Crippen LogP contribution >= 0.6 is 11.3 Å². The Morgan fingerprint density at radius 1 is 1.25 bits per heavy atom. The van der Waals surface area contributed by atoms with E-state index in [2.05, 4.69) is 49.8 Å². The van der Waals surface area contributed by atoms with Gasteiger partial charge in [-0.25, -0.2) is 0 Å². The first-order chi connectivity index (χ1) is 9.58. The quantitative estimate of drug-likeness (QED) is 0.765. The van der Waals surface area contributed by atoms with Crippen LogP contribution in [0.15, 0.2) is 16.8 Å². The van der Waals surface area contributed by atoms with Gasteiger partial charge >= 0.3 is 0 Å². The van der Waals surface area contributed by atoms with Crippen molar-refractivity contribution >= 4 is 11.3 Å². The number of rotatable bonds is 6. The van der Waals surface area contributed by atoms with Gasteiger partial charge in [-0.2, -0.15) is 11.3 Å². The monoisotopic (exact) mass is 293 g/mol. The minimum atomic E-state index is 0.751. The SMILES string of the molecule is CC(C)CNCC1CCC(C(C)C)CC1c1ccsc1. The Hall–Kier alpha value is -0.340. The van der Waals surface area contributed by atoms with Crippen molar-refractivity contribution in [2.45, 2.75) is 52.9 Å². The van der Waals surface area contributed by atoms with Crippen molar-refractivity contribution in [3.63, 3.8) is 0 Å². The molecule has 3 atom stereocenters. The summed E-state index contributed by atoms with van der Waals surface area (Å²) in [5.41, 5.74) is 1.59. The molecule has 1 aromatic rings. The third kappa shape index (κ3) is 4.33. The summed E-state index contributed by atoms with van der Waals surface area (Å²) in [5, 5.41) is 8.31. The number of hydrogen-bond donors (Lipinski definition) is 1. The van der Waals surface area contributed by atoms with Gasteiger partial charge in [0, 0.05) is 0 Å². The van der Waals surface area contributed by atoms with Gasteiger partial charge in [0.2, 0.25) is 0 Å². The maximum Gasteiger partial charge on any atom is -0.00145 e. The lowest BCUT2D eigenvalue weighted by molar-refractivity contribution is 0.190. The molecule has 0 aliphatic heterocycles. The maximum atomic E-state index is 3.69. The molecule has 1 aromatic heterocycles. The first kappa shape index (κ1) is 16.0. The van der Waals surface area contributed by atoms with E-state index in [0.29, 0.717) is 0 Å². The van der Waals surface area contributed by atoms with E-state index in [-0.39, 0.29) is 0 Å². The van der Waals surface area contributed by atoms with Crippen molar-refractivity contribution in [2.24, 2.45) is 23.7 Å². The molecule has 1 nitrogen and oxygen atoms in total. The molecule has 1 aliphatic carbocycles. The van der Waals surface area contributed by atoms with Crippen LogP contribution in [-0.4, -0.2) is 13.1 Å². The minimum Gasteiger partial charge on any atom is -0.316 e. The Morgan fingerprint density at radius 2 is 2.05 bits per heavy atom. The lowest BCUT2D eigenvalue weighted by Gasteiger charge is -2.38. The Bertz CT molecular complexity index is 367. The van der Waals surface area contributed by atoms with Gasteiger partial charge in [-0.1, -0.05) is 27.7 Å². The normalized spacial score (nSPS) is 27.4. The van der Waals surface area contributed by atoms with Crippen molar-refractivity contribution < 1.29 is 0 Å². The Balaban J connectivity index is 1.98. The minimum absolute atomic E-state index is 0.751. The third-order valence-electron chi connectivity index (χ3n) is 4.91. The van der Waals surface area contributed by atoms with E-state index in [4.69, 9.17) is 0 Å². The number of hydrogen-bond acceptors (Lipinski definition) is 2. The van der Waals surface area contributed by atoms with E-state index >= 15 is 0 Å². The summed E-state index contributed by atoms with van der Waals surface area (Å²) in [6, 6.07) is 2.35. The van der Waals surface area contributed by atoms with Crippen LogP contribution in [0.3, 0.4) is 0 Å². The fourth-order valence-corrected chi connectivity index (χ4v) is 4.29. The highest BCUT2D eigenvalue weighted by Gasteiger charge is 2.32. The van der Waals surface area contributed by atoms with Crippen LogP contribution in [0.25, 0.3) is 0 Å². The molecule has 0 bridgehead atoms. The summed E-state index contributed by atoms with van der Waals surface area (Å²) < 4.78 is 0. The first-order valence-electron chi connectivity index (χ1n) is 8.30. The van der Waals surface area contributed by atoms with Crippen LogP contribution < -0.4 is 5.32 Å². The molecule has 2 heteroatoms. The molecule has 0 saturated heterocycles. The number of thiophene rings is 1. The maximum absolute atomic E-state index is 3.69.